The van der Waals surface area contributed by atoms with Crippen LogP contribution in [0.1, 0.15) is 37.7 Å². The van der Waals surface area contributed by atoms with Gasteiger partial charge >= 0.3 is 0 Å². The number of benzene rings is 1. The second-order valence-corrected chi connectivity index (χ2v) is 5.11. The van der Waals surface area contributed by atoms with Crippen LogP contribution in [-0.2, 0) is 4.79 Å². The van der Waals surface area contributed by atoms with Crippen LogP contribution < -0.4 is 9.47 Å². The topological polar surface area (TPSA) is 38.8 Å². The van der Waals surface area contributed by atoms with Gasteiger partial charge in [0.2, 0.25) is 12.7 Å². The van der Waals surface area contributed by atoms with Crippen molar-refractivity contribution in [2.24, 2.45) is 0 Å². The third-order valence-corrected chi connectivity index (χ3v) is 3.92. The van der Waals surface area contributed by atoms with Crippen LogP contribution in [0.2, 0.25) is 0 Å². The molecule has 1 unspecified atom stereocenters. The van der Waals surface area contributed by atoms with Crippen molar-refractivity contribution in [3.05, 3.63) is 23.8 Å². The zero-order valence-corrected chi connectivity index (χ0v) is 11.2. The molecule has 4 heteroatoms. The zero-order valence-electron chi connectivity index (χ0n) is 11.2. The molecule has 1 amide bonds. The van der Waals surface area contributed by atoms with Crippen molar-refractivity contribution in [1.82, 2.24) is 4.90 Å². The van der Waals surface area contributed by atoms with E-state index < -0.39 is 0 Å². The van der Waals surface area contributed by atoms with Gasteiger partial charge in [-0.25, -0.2) is 0 Å². The number of hydrogen-bond donors (Lipinski definition) is 0. The van der Waals surface area contributed by atoms with Gasteiger partial charge in [-0.05, 0) is 37.0 Å². The Hall–Kier alpha value is -1.71. The molecule has 19 heavy (non-hydrogen) atoms. The average molecular weight is 261 g/mol. The fourth-order valence-corrected chi connectivity index (χ4v) is 2.84. The molecule has 4 nitrogen and oxygen atoms in total. The minimum atomic E-state index is -0.0624. The van der Waals surface area contributed by atoms with E-state index in [1.807, 2.05) is 23.1 Å². The van der Waals surface area contributed by atoms with Crippen molar-refractivity contribution in [1.29, 1.82) is 0 Å². The minimum absolute atomic E-state index is 0.0624. The second kappa shape index (κ2) is 5.11. The first kappa shape index (κ1) is 12.3. The Morgan fingerprint density at radius 1 is 1.26 bits per heavy atom. The first-order chi connectivity index (χ1) is 9.29. The third-order valence-electron chi connectivity index (χ3n) is 3.92. The van der Waals surface area contributed by atoms with Crippen LogP contribution in [0.5, 0.6) is 11.5 Å². The van der Waals surface area contributed by atoms with Crippen LogP contribution in [0.3, 0.4) is 0 Å². The number of amides is 1. The summed E-state index contributed by atoms with van der Waals surface area (Å²) >= 11 is 0. The maximum absolute atomic E-state index is 12.5. The summed E-state index contributed by atoms with van der Waals surface area (Å²) in [5.74, 6) is 1.71. The molecule has 1 atom stereocenters. The average Bonchev–Trinajstić information content (AvgIpc) is 3.10. The van der Waals surface area contributed by atoms with E-state index in [0.29, 0.717) is 0 Å². The number of hydrogen-bond acceptors (Lipinski definition) is 3. The summed E-state index contributed by atoms with van der Waals surface area (Å²) < 4.78 is 10.7. The molecule has 102 valence electrons. The van der Waals surface area contributed by atoms with E-state index in [1.165, 1.54) is 0 Å². The molecule has 2 aliphatic heterocycles. The standard InChI is InChI=1S/C15H19NO3/c1-2-12(15(17)16-7-3-4-8-16)11-5-6-13-14(9-11)19-10-18-13/h5-6,9,12H,2-4,7-8,10H2,1H3. The second-order valence-electron chi connectivity index (χ2n) is 5.11. The highest BCUT2D eigenvalue weighted by molar-refractivity contribution is 5.84. The summed E-state index contributed by atoms with van der Waals surface area (Å²) in [7, 11) is 0. The fourth-order valence-electron chi connectivity index (χ4n) is 2.84. The van der Waals surface area contributed by atoms with Gasteiger partial charge in [-0.1, -0.05) is 13.0 Å². The van der Waals surface area contributed by atoms with E-state index in [0.717, 1.165) is 49.4 Å². The summed E-state index contributed by atoms with van der Waals surface area (Å²) in [4.78, 5) is 14.5. The SMILES string of the molecule is CCC(C(=O)N1CCCC1)c1ccc2c(c1)OCO2. The first-order valence-electron chi connectivity index (χ1n) is 6.98. The van der Waals surface area contributed by atoms with Crippen molar-refractivity contribution < 1.29 is 14.3 Å². The van der Waals surface area contributed by atoms with Crippen molar-refractivity contribution in [3.63, 3.8) is 0 Å². The fraction of sp³-hybridized carbons (Fsp3) is 0.533. The number of likely N-dealkylation sites (tertiary alicyclic amines) is 1. The maximum Gasteiger partial charge on any atom is 0.231 e. The lowest BCUT2D eigenvalue weighted by Gasteiger charge is -2.22. The van der Waals surface area contributed by atoms with Gasteiger partial charge in [0, 0.05) is 13.1 Å². The molecule has 0 saturated carbocycles. The number of nitrogens with zero attached hydrogens (tertiary/aromatic N) is 1. The number of fused-ring (bicyclic) bond motifs is 1. The Bertz CT molecular complexity index is 480. The quantitative estimate of drug-likeness (QED) is 0.839. The lowest BCUT2D eigenvalue weighted by Crippen LogP contribution is -2.32. The van der Waals surface area contributed by atoms with Crippen LogP contribution in [0.15, 0.2) is 18.2 Å². The highest BCUT2D eigenvalue weighted by Crippen LogP contribution is 2.36. The normalized spacial score (nSPS) is 18.7. The van der Waals surface area contributed by atoms with Crippen LogP contribution in [0.25, 0.3) is 0 Å². The van der Waals surface area contributed by atoms with Gasteiger partial charge in [-0.3, -0.25) is 4.79 Å². The lowest BCUT2D eigenvalue weighted by atomic mass is 9.94. The van der Waals surface area contributed by atoms with Gasteiger partial charge in [0.15, 0.2) is 11.5 Å². The Morgan fingerprint density at radius 3 is 2.74 bits per heavy atom. The van der Waals surface area contributed by atoms with Gasteiger partial charge in [0.05, 0.1) is 5.92 Å². The Labute approximate surface area is 113 Å². The Kier molecular flexibility index (Phi) is 3.32. The molecule has 2 aliphatic rings. The van der Waals surface area contributed by atoms with Gasteiger partial charge in [-0.2, -0.15) is 0 Å². The molecular formula is C15H19NO3. The van der Waals surface area contributed by atoms with Gasteiger partial charge in [-0.15, -0.1) is 0 Å². The van der Waals surface area contributed by atoms with E-state index in [4.69, 9.17) is 9.47 Å². The molecule has 3 rings (SSSR count). The molecule has 1 aromatic rings. The molecule has 0 spiro atoms. The molecule has 2 heterocycles. The molecule has 0 aromatic heterocycles. The number of carbonyl (C=O) groups is 1. The Balaban J connectivity index is 1.83. The van der Waals surface area contributed by atoms with Crippen LogP contribution in [0, 0.1) is 0 Å². The number of carbonyl (C=O) groups excluding carboxylic acids is 1. The van der Waals surface area contributed by atoms with E-state index in [2.05, 4.69) is 6.92 Å². The largest absolute Gasteiger partial charge is 0.454 e. The van der Waals surface area contributed by atoms with Crippen molar-refractivity contribution >= 4 is 5.91 Å². The number of rotatable bonds is 3. The highest BCUT2D eigenvalue weighted by atomic mass is 16.7. The predicted octanol–water partition coefficient (Wildman–Crippen LogP) is 2.53. The van der Waals surface area contributed by atoms with Gasteiger partial charge in [0.25, 0.3) is 0 Å². The maximum atomic E-state index is 12.5. The van der Waals surface area contributed by atoms with Crippen LogP contribution in [-0.4, -0.2) is 30.7 Å². The molecule has 1 saturated heterocycles. The molecule has 0 radical (unpaired) electrons. The summed E-state index contributed by atoms with van der Waals surface area (Å²) in [6, 6.07) is 5.83. The third kappa shape index (κ3) is 2.27. The molecule has 0 aliphatic carbocycles. The van der Waals surface area contributed by atoms with E-state index in [1.54, 1.807) is 0 Å². The zero-order chi connectivity index (χ0) is 13.2. The highest BCUT2D eigenvalue weighted by Gasteiger charge is 2.27. The van der Waals surface area contributed by atoms with Crippen molar-refractivity contribution in [2.45, 2.75) is 32.1 Å². The first-order valence-corrected chi connectivity index (χ1v) is 6.98. The van der Waals surface area contributed by atoms with Crippen molar-refractivity contribution in [2.75, 3.05) is 19.9 Å². The molecule has 1 aromatic carbocycles. The smallest absolute Gasteiger partial charge is 0.231 e. The monoisotopic (exact) mass is 261 g/mol. The van der Waals surface area contributed by atoms with E-state index in [-0.39, 0.29) is 18.6 Å². The minimum Gasteiger partial charge on any atom is -0.454 e. The Morgan fingerprint density at radius 2 is 2.00 bits per heavy atom. The molecule has 0 bridgehead atoms. The van der Waals surface area contributed by atoms with Gasteiger partial charge in [0.1, 0.15) is 0 Å². The summed E-state index contributed by atoms with van der Waals surface area (Å²) in [5, 5.41) is 0. The molecular weight excluding hydrogens is 242 g/mol. The predicted molar refractivity (Wildman–Crippen MR) is 71.4 cm³/mol. The van der Waals surface area contributed by atoms with Crippen LogP contribution >= 0.6 is 0 Å². The molecule has 1 fully saturated rings. The van der Waals surface area contributed by atoms with Crippen molar-refractivity contribution in [3.8, 4) is 11.5 Å². The van der Waals surface area contributed by atoms with E-state index >= 15 is 0 Å². The summed E-state index contributed by atoms with van der Waals surface area (Å²) in [5.41, 5.74) is 1.03. The summed E-state index contributed by atoms with van der Waals surface area (Å²) in [6.45, 7) is 4.14. The molecule has 0 N–H and O–H groups in total. The number of ether oxygens (including phenoxy) is 2. The van der Waals surface area contributed by atoms with Crippen LogP contribution in [0.4, 0.5) is 0 Å². The lowest BCUT2D eigenvalue weighted by molar-refractivity contribution is -0.131. The van der Waals surface area contributed by atoms with E-state index in [9.17, 15) is 4.79 Å². The van der Waals surface area contributed by atoms with Gasteiger partial charge < -0.3 is 14.4 Å². The summed E-state index contributed by atoms with van der Waals surface area (Å²) in [6.07, 6.45) is 3.07.